The number of hydrogen-bond donors (Lipinski definition) is 3. The minimum atomic E-state index is -3.05. The molecular formula is C22H20ClF3N6O3. The molecule has 4 rings (SSSR count). The predicted octanol–water partition coefficient (Wildman–Crippen LogP) is 3.51. The number of hydrogen-bond acceptors (Lipinski definition) is 5. The summed E-state index contributed by atoms with van der Waals surface area (Å²) in [6.45, 7) is 1.48. The molecule has 1 unspecified atom stereocenters. The highest BCUT2D eigenvalue weighted by molar-refractivity contribution is 6.43. The SMILES string of the molecule is Cc1c(C(=O)C(=O)NC2(c3cn[nH]n3)CCC(F)(F)C2)cn(C)c1C(=O)Nc1ccc(F)c(Cl)c1. The van der Waals surface area contributed by atoms with E-state index in [0.29, 0.717) is 0 Å². The maximum atomic E-state index is 14.1. The molecule has 0 saturated heterocycles. The quantitative estimate of drug-likeness (QED) is 0.347. The molecule has 13 heteroatoms. The van der Waals surface area contributed by atoms with E-state index in [0.717, 1.165) is 6.07 Å². The van der Waals surface area contributed by atoms with Crippen molar-refractivity contribution in [2.45, 2.75) is 37.6 Å². The van der Waals surface area contributed by atoms with Gasteiger partial charge in [0, 0.05) is 37.3 Å². The molecule has 0 radical (unpaired) electrons. The fourth-order valence-electron chi connectivity index (χ4n) is 4.30. The van der Waals surface area contributed by atoms with Crippen LogP contribution < -0.4 is 10.6 Å². The zero-order valence-corrected chi connectivity index (χ0v) is 19.3. The second-order valence-electron chi connectivity index (χ2n) is 8.46. The zero-order valence-electron chi connectivity index (χ0n) is 18.6. The molecule has 9 nitrogen and oxygen atoms in total. The predicted molar refractivity (Wildman–Crippen MR) is 119 cm³/mol. The molecule has 1 aliphatic rings. The number of H-pyrrole nitrogens is 1. The lowest BCUT2D eigenvalue weighted by atomic mass is 9.92. The number of carbonyl (C=O) groups excluding carboxylic acids is 3. The largest absolute Gasteiger partial charge is 0.346 e. The van der Waals surface area contributed by atoms with Crippen molar-refractivity contribution in [1.29, 1.82) is 0 Å². The summed E-state index contributed by atoms with van der Waals surface area (Å²) in [4.78, 5) is 38.7. The first kappa shape index (κ1) is 24.5. The molecular weight excluding hydrogens is 489 g/mol. The highest BCUT2D eigenvalue weighted by atomic mass is 35.5. The number of nitrogens with one attached hydrogen (secondary N) is 3. The maximum absolute atomic E-state index is 14.1. The van der Waals surface area contributed by atoms with E-state index >= 15 is 0 Å². The third-order valence-electron chi connectivity index (χ3n) is 6.01. The van der Waals surface area contributed by atoms with Crippen molar-refractivity contribution in [3.05, 3.63) is 63.9 Å². The van der Waals surface area contributed by atoms with Crippen LogP contribution in [0.3, 0.4) is 0 Å². The van der Waals surface area contributed by atoms with Crippen LogP contribution in [0.5, 0.6) is 0 Å². The molecule has 2 heterocycles. The Morgan fingerprint density at radius 3 is 2.57 bits per heavy atom. The van der Waals surface area contributed by atoms with Gasteiger partial charge < -0.3 is 15.2 Å². The number of ketones is 1. The van der Waals surface area contributed by atoms with Crippen LogP contribution in [0.2, 0.25) is 5.02 Å². The summed E-state index contributed by atoms with van der Waals surface area (Å²) >= 11 is 5.74. The summed E-state index contributed by atoms with van der Waals surface area (Å²) in [6.07, 6.45) is 1.18. The molecule has 1 aromatic carbocycles. The summed E-state index contributed by atoms with van der Waals surface area (Å²) in [6, 6.07) is 3.64. The summed E-state index contributed by atoms with van der Waals surface area (Å²) in [5.41, 5.74) is -1.05. The van der Waals surface area contributed by atoms with Gasteiger partial charge in [-0.3, -0.25) is 14.4 Å². The number of aryl methyl sites for hydroxylation is 1. The van der Waals surface area contributed by atoms with Gasteiger partial charge >= 0.3 is 0 Å². The molecule has 1 saturated carbocycles. The Balaban J connectivity index is 1.57. The van der Waals surface area contributed by atoms with Crippen molar-refractivity contribution in [2.24, 2.45) is 7.05 Å². The van der Waals surface area contributed by atoms with Gasteiger partial charge in [-0.25, -0.2) is 13.2 Å². The number of aromatic nitrogens is 4. The fraction of sp³-hybridized carbons (Fsp3) is 0.318. The minimum absolute atomic E-state index is 0.0696. The van der Waals surface area contributed by atoms with Crippen LogP contribution in [-0.2, 0) is 17.4 Å². The molecule has 2 amide bonds. The Labute approximate surface area is 202 Å². The molecule has 1 aliphatic carbocycles. The second kappa shape index (κ2) is 8.84. The van der Waals surface area contributed by atoms with Gasteiger partial charge in [0.05, 0.1) is 16.8 Å². The lowest BCUT2D eigenvalue weighted by Crippen LogP contribution is -2.48. The lowest BCUT2D eigenvalue weighted by Gasteiger charge is -2.27. The molecule has 184 valence electrons. The van der Waals surface area contributed by atoms with Crippen molar-refractivity contribution in [1.82, 2.24) is 25.3 Å². The van der Waals surface area contributed by atoms with Gasteiger partial charge in [0.25, 0.3) is 23.5 Å². The molecule has 3 aromatic rings. The van der Waals surface area contributed by atoms with Crippen LogP contribution in [0, 0.1) is 12.7 Å². The zero-order chi connectivity index (χ0) is 25.5. The second-order valence-corrected chi connectivity index (χ2v) is 8.87. The Hall–Kier alpha value is -3.67. The van der Waals surface area contributed by atoms with E-state index in [4.69, 9.17) is 11.6 Å². The van der Waals surface area contributed by atoms with Crippen molar-refractivity contribution in [2.75, 3.05) is 5.32 Å². The molecule has 3 N–H and O–H groups in total. The van der Waals surface area contributed by atoms with E-state index in [-0.39, 0.29) is 39.6 Å². The van der Waals surface area contributed by atoms with Crippen molar-refractivity contribution in [3.8, 4) is 0 Å². The summed E-state index contributed by atoms with van der Waals surface area (Å²) in [7, 11) is 1.50. The van der Waals surface area contributed by atoms with Gasteiger partial charge in [0.2, 0.25) is 0 Å². The van der Waals surface area contributed by atoms with E-state index in [2.05, 4.69) is 26.0 Å². The molecule has 0 spiro atoms. The van der Waals surface area contributed by atoms with Gasteiger partial charge in [0.15, 0.2) is 0 Å². The Morgan fingerprint density at radius 1 is 1.23 bits per heavy atom. The third kappa shape index (κ3) is 4.65. The van der Waals surface area contributed by atoms with Crippen molar-refractivity contribution >= 4 is 34.9 Å². The lowest BCUT2D eigenvalue weighted by molar-refractivity contribution is -0.119. The first-order valence-electron chi connectivity index (χ1n) is 10.5. The molecule has 35 heavy (non-hydrogen) atoms. The van der Waals surface area contributed by atoms with Crippen LogP contribution >= 0.6 is 11.6 Å². The van der Waals surface area contributed by atoms with Gasteiger partial charge in [-0.1, -0.05) is 11.6 Å². The third-order valence-corrected chi connectivity index (χ3v) is 6.30. The van der Waals surface area contributed by atoms with Crippen LogP contribution in [0.25, 0.3) is 0 Å². The van der Waals surface area contributed by atoms with E-state index in [1.165, 1.54) is 43.1 Å². The number of halogens is 4. The van der Waals surface area contributed by atoms with Crippen LogP contribution in [0.1, 0.15) is 51.4 Å². The standard InChI is InChI=1S/C22H20ClF3N6O3/c1-11-13(9-32(2)17(11)19(34)28-12-3-4-15(24)14(23)7-12)18(33)20(35)29-21(16-8-27-31-30-16)5-6-22(25,26)10-21/h3-4,7-9H,5-6,10H2,1-2H3,(H,28,34)(H,29,35)(H,27,30,31). The number of alkyl halides is 2. The van der Waals surface area contributed by atoms with E-state index in [1.54, 1.807) is 0 Å². The number of rotatable bonds is 6. The molecule has 1 atom stereocenters. The number of anilines is 1. The minimum Gasteiger partial charge on any atom is -0.346 e. The number of carbonyl (C=O) groups is 3. The smallest absolute Gasteiger partial charge is 0.293 e. The maximum Gasteiger partial charge on any atom is 0.293 e. The first-order chi connectivity index (χ1) is 16.4. The van der Waals surface area contributed by atoms with E-state index in [1.807, 2.05) is 0 Å². The average Bonchev–Trinajstić information content (AvgIpc) is 3.49. The van der Waals surface area contributed by atoms with Gasteiger partial charge in [-0.05, 0) is 37.1 Å². The molecule has 1 fully saturated rings. The number of aromatic amines is 1. The van der Waals surface area contributed by atoms with Gasteiger partial charge in [0.1, 0.15) is 17.2 Å². The summed E-state index contributed by atoms with van der Waals surface area (Å²) < 4.78 is 42.9. The van der Waals surface area contributed by atoms with Crippen LogP contribution in [0.4, 0.5) is 18.9 Å². The van der Waals surface area contributed by atoms with E-state index < -0.39 is 47.7 Å². The Kier molecular flexibility index (Phi) is 6.18. The average molecular weight is 509 g/mol. The topological polar surface area (TPSA) is 122 Å². The first-order valence-corrected chi connectivity index (χ1v) is 10.8. The highest BCUT2D eigenvalue weighted by Crippen LogP contribution is 2.46. The summed E-state index contributed by atoms with van der Waals surface area (Å²) in [5.74, 6) is -6.44. The monoisotopic (exact) mass is 508 g/mol. The highest BCUT2D eigenvalue weighted by Gasteiger charge is 2.53. The summed E-state index contributed by atoms with van der Waals surface area (Å²) in [5, 5.41) is 14.6. The number of amides is 2. The van der Waals surface area contributed by atoms with E-state index in [9.17, 15) is 27.6 Å². The van der Waals surface area contributed by atoms with Gasteiger partial charge in [-0.2, -0.15) is 15.4 Å². The van der Waals surface area contributed by atoms with Crippen molar-refractivity contribution < 1.29 is 27.6 Å². The Bertz CT molecular complexity index is 1320. The van der Waals surface area contributed by atoms with Gasteiger partial charge in [-0.15, -0.1) is 0 Å². The molecule has 0 aliphatic heterocycles. The normalized spacial score (nSPS) is 18.9. The van der Waals surface area contributed by atoms with Crippen LogP contribution in [-0.4, -0.2) is 43.5 Å². The molecule has 0 bridgehead atoms. The molecule has 2 aromatic heterocycles. The van der Waals surface area contributed by atoms with Crippen molar-refractivity contribution in [3.63, 3.8) is 0 Å². The Morgan fingerprint density at radius 2 is 1.97 bits per heavy atom. The van der Waals surface area contributed by atoms with Crippen LogP contribution in [0.15, 0.2) is 30.6 Å². The fourth-order valence-corrected chi connectivity index (χ4v) is 4.48. The number of benzene rings is 1. The number of Topliss-reactive ketones (excluding diaryl/α,β-unsaturated/α-hetero) is 1. The number of nitrogens with zero attached hydrogens (tertiary/aromatic N) is 3.